The lowest BCUT2D eigenvalue weighted by atomic mass is 10.1. The quantitative estimate of drug-likeness (QED) is 0.825. The normalized spacial score (nSPS) is 13.1. The molecule has 0 fully saturated rings. The fourth-order valence-corrected chi connectivity index (χ4v) is 3.26. The van der Waals surface area contributed by atoms with E-state index in [1.54, 1.807) is 0 Å². The van der Waals surface area contributed by atoms with E-state index in [2.05, 4.69) is 0 Å². The van der Waals surface area contributed by atoms with Crippen molar-refractivity contribution >= 4 is 17.5 Å². The van der Waals surface area contributed by atoms with Gasteiger partial charge in [0.05, 0.1) is 0 Å². The van der Waals surface area contributed by atoms with E-state index in [0.29, 0.717) is 11.4 Å². The third-order valence-electron chi connectivity index (χ3n) is 4.19. The van der Waals surface area contributed by atoms with Crippen molar-refractivity contribution < 1.29 is 4.79 Å². The molecule has 5 heteroatoms. The summed E-state index contributed by atoms with van der Waals surface area (Å²) in [6, 6.07) is 7.65. The number of nitrogens with two attached hydrogens (primary N) is 1. The van der Waals surface area contributed by atoms with E-state index in [0.717, 1.165) is 55.6 Å². The second kappa shape index (κ2) is 7.09. The van der Waals surface area contributed by atoms with E-state index in [9.17, 15) is 4.79 Å². The summed E-state index contributed by atoms with van der Waals surface area (Å²) in [6.45, 7) is 0. The number of hydrogen-bond acceptors (Lipinski definition) is 3. The number of aryl methyl sites for hydroxylation is 2. The monoisotopic (exact) mass is 329 g/mol. The number of halogens is 1. The maximum Gasteiger partial charge on any atom is 0.217 e. The van der Waals surface area contributed by atoms with E-state index in [4.69, 9.17) is 27.3 Å². The predicted octanol–water partition coefficient (Wildman–Crippen LogP) is 3.48. The van der Waals surface area contributed by atoms with Crippen molar-refractivity contribution in [1.29, 1.82) is 0 Å². The standard InChI is InChI=1S/C18H20ClN3O/c19-13-6-3-5-12(11-13)18-21-15(8-1-2-10-17(20)23)14-7-4-9-16(14)22-18/h3,5-6,11H,1-2,4,7-10H2,(H2,20,23). The maximum atomic E-state index is 10.9. The molecule has 0 aliphatic heterocycles. The Kier molecular flexibility index (Phi) is 4.91. The van der Waals surface area contributed by atoms with Gasteiger partial charge in [0.1, 0.15) is 0 Å². The van der Waals surface area contributed by atoms with Crippen LogP contribution < -0.4 is 5.73 Å². The van der Waals surface area contributed by atoms with E-state index >= 15 is 0 Å². The van der Waals surface area contributed by atoms with Gasteiger partial charge in [-0.05, 0) is 56.2 Å². The number of fused-ring (bicyclic) bond motifs is 1. The van der Waals surface area contributed by atoms with Gasteiger partial charge in [0, 0.05) is 28.4 Å². The molecule has 1 heterocycles. The fourth-order valence-electron chi connectivity index (χ4n) is 3.07. The Morgan fingerprint density at radius 1 is 1.22 bits per heavy atom. The molecule has 0 spiro atoms. The summed E-state index contributed by atoms with van der Waals surface area (Å²) in [7, 11) is 0. The second-order valence-corrected chi connectivity index (χ2v) is 6.39. The Labute approximate surface area is 141 Å². The first-order chi connectivity index (χ1) is 11.1. The van der Waals surface area contributed by atoms with Crippen LogP contribution in [0.3, 0.4) is 0 Å². The van der Waals surface area contributed by atoms with E-state index < -0.39 is 0 Å². The Bertz CT molecular complexity index is 730. The van der Waals surface area contributed by atoms with E-state index in [1.807, 2.05) is 24.3 Å². The highest BCUT2D eigenvalue weighted by atomic mass is 35.5. The van der Waals surface area contributed by atoms with Gasteiger partial charge in [-0.2, -0.15) is 0 Å². The van der Waals surface area contributed by atoms with Crippen LogP contribution in [0, 0.1) is 0 Å². The van der Waals surface area contributed by atoms with Crippen molar-refractivity contribution in [3.05, 3.63) is 46.2 Å². The molecule has 0 saturated carbocycles. The molecular formula is C18H20ClN3O. The summed E-state index contributed by atoms with van der Waals surface area (Å²) < 4.78 is 0. The molecule has 4 nitrogen and oxygen atoms in total. The van der Waals surface area contributed by atoms with Crippen LogP contribution in [0.4, 0.5) is 0 Å². The Hall–Kier alpha value is -1.94. The molecule has 1 aromatic heterocycles. The summed E-state index contributed by atoms with van der Waals surface area (Å²) in [6.07, 6.45) is 6.23. The van der Waals surface area contributed by atoms with Crippen molar-refractivity contribution in [2.24, 2.45) is 5.73 Å². The average Bonchev–Trinajstić information content (AvgIpc) is 2.99. The van der Waals surface area contributed by atoms with Crippen LogP contribution in [-0.4, -0.2) is 15.9 Å². The highest BCUT2D eigenvalue weighted by molar-refractivity contribution is 6.30. The summed E-state index contributed by atoms with van der Waals surface area (Å²) in [4.78, 5) is 20.4. The van der Waals surface area contributed by atoms with Crippen LogP contribution in [0.1, 0.15) is 42.6 Å². The molecule has 0 atom stereocenters. The number of unbranched alkanes of at least 4 members (excludes halogenated alkanes) is 1. The Morgan fingerprint density at radius 3 is 2.87 bits per heavy atom. The molecule has 2 aromatic rings. The van der Waals surface area contributed by atoms with Gasteiger partial charge >= 0.3 is 0 Å². The molecule has 3 rings (SSSR count). The molecule has 1 aromatic carbocycles. The Morgan fingerprint density at radius 2 is 2.09 bits per heavy atom. The van der Waals surface area contributed by atoms with Gasteiger partial charge in [-0.25, -0.2) is 9.97 Å². The third kappa shape index (κ3) is 3.88. The zero-order chi connectivity index (χ0) is 16.2. The lowest BCUT2D eigenvalue weighted by Gasteiger charge is -2.10. The number of amides is 1. The summed E-state index contributed by atoms with van der Waals surface area (Å²) in [5, 5.41) is 0.689. The number of aromatic nitrogens is 2. The van der Waals surface area contributed by atoms with Crippen LogP contribution >= 0.6 is 11.6 Å². The average molecular weight is 330 g/mol. The number of nitrogens with zero attached hydrogens (tertiary/aromatic N) is 2. The molecule has 23 heavy (non-hydrogen) atoms. The van der Waals surface area contributed by atoms with Gasteiger partial charge < -0.3 is 5.73 Å². The maximum absolute atomic E-state index is 10.9. The summed E-state index contributed by atoms with van der Waals surface area (Å²) in [5.41, 5.74) is 9.73. The smallest absolute Gasteiger partial charge is 0.217 e. The minimum atomic E-state index is -0.238. The van der Waals surface area contributed by atoms with Crippen molar-refractivity contribution in [2.45, 2.75) is 44.9 Å². The molecule has 0 bridgehead atoms. The molecule has 0 unspecified atom stereocenters. The van der Waals surface area contributed by atoms with Crippen molar-refractivity contribution in [1.82, 2.24) is 9.97 Å². The van der Waals surface area contributed by atoms with Gasteiger partial charge in [-0.1, -0.05) is 23.7 Å². The lowest BCUT2D eigenvalue weighted by Crippen LogP contribution is -2.10. The predicted molar refractivity (Wildman–Crippen MR) is 91.3 cm³/mol. The largest absolute Gasteiger partial charge is 0.370 e. The first-order valence-corrected chi connectivity index (χ1v) is 8.44. The van der Waals surface area contributed by atoms with Crippen LogP contribution in [0.25, 0.3) is 11.4 Å². The molecule has 120 valence electrons. The molecule has 2 N–H and O–H groups in total. The number of rotatable bonds is 6. The SMILES string of the molecule is NC(=O)CCCCc1nc(-c2cccc(Cl)c2)nc2c1CCC2. The molecule has 1 aliphatic carbocycles. The van der Waals surface area contributed by atoms with Gasteiger partial charge in [0.25, 0.3) is 0 Å². The zero-order valence-electron chi connectivity index (χ0n) is 13.0. The first kappa shape index (κ1) is 15.9. The van der Waals surface area contributed by atoms with E-state index in [1.165, 1.54) is 11.3 Å². The van der Waals surface area contributed by atoms with E-state index in [-0.39, 0.29) is 5.91 Å². The topological polar surface area (TPSA) is 68.9 Å². The van der Waals surface area contributed by atoms with Crippen molar-refractivity contribution in [2.75, 3.05) is 0 Å². The van der Waals surface area contributed by atoms with Crippen molar-refractivity contribution in [3.8, 4) is 11.4 Å². The van der Waals surface area contributed by atoms with Gasteiger partial charge in [-0.3, -0.25) is 4.79 Å². The summed E-state index contributed by atoms with van der Waals surface area (Å²) in [5.74, 6) is 0.510. The number of hydrogen-bond donors (Lipinski definition) is 1. The van der Waals surface area contributed by atoms with Gasteiger partial charge in [-0.15, -0.1) is 0 Å². The van der Waals surface area contributed by atoms with Crippen LogP contribution in [0.15, 0.2) is 24.3 Å². The van der Waals surface area contributed by atoms with Crippen molar-refractivity contribution in [3.63, 3.8) is 0 Å². The minimum Gasteiger partial charge on any atom is -0.370 e. The molecule has 0 radical (unpaired) electrons. The molecule has 1 aliphatic rings. The molecule has 1 amide bonds. The second-order valence-electron chi connectivity index (χ2n) is 5.96. The third-order valence-corrected chi connectivity index (χ3v) is 4.42. The van der Waals surface area contributed by atoms with Crippen LogP contribution in [-0.2, 0) is 24.1 Å². The number of primary amides is 1. The fraction of sp³-hybridized carbons (Fsp3) is 0.389. The Balaban J connectivity index is 1.85. The lowest BCUT2D eigenvalue weighted by molar-refractivity contribution is -0.118. The highest BCUT2D eigenvalue weighted by Crippen LogP contribution is 2.28. The molecular weight excluding hydrogens is 310 g/mol. The number of carbonyl (C=O) groups excluding carboxylic acids is 1. The molecule has 0 saturated heterocycles. The zero-order valence-corrected chi connectivity index (χ0v) is 13.8. The number of benzene rings is 1. The van der Waals surface area contributed by atoms with Crippen LogP contribution in [0.5, 0.6) is 0 Å². The minimum absolute atomic E-state index is 0.238. The summed E-state index contributed by atoms with van der Waals surface area (Å²) >= 11 is 6.08. The van der Waals surface area contributed by atoms with Crippen LogP contribution in [0.2, 0.25) is 5.02 Å². The van der Waals surface area contributed by atoms with Gasteiger partial charge in [0.2, 0.25) is 5.91 Å². The number of carbonyl (C=O) groups is 1. The first-order valence-electron chi connectivity index (χ1n) is 8.06. The van der Waals surface area contributed by atoms with Gasteiger partial charge in [0.15, 0.2) is 5.82 Å². The highest BCUT2D eigenvalue weighted by Gasteiger charge is 2.19.